The molecule has 0 bridgehead atoms. The zero-order chi connectivity index (χ0) is 32.9. The number of anilines is 2. The summed E-state index contributed by atoms with van der Waals surface area (Å²) in [5, 5.41) is 22.9. The number of amides is 1. The van der Waals surface area contributed by atoms with Gasteiger partial charge in [0.25, 0.3) is 5.91 Å². The molecule has 0 aliphatic rings. The van der Waals surface area contributed by atoms with Crippen LogP contribution in [0.3, 0.4) is 0 Å². The van der Waals surface area contributed by atoms with E-state index >= 15 is 0 Å². The molecule has 2 atom stereocenters. The Bertz CT molecular complexity index is 1480. The number of aliphatic imine (C=N–C) groups is 1. The molecule has 242 valence electrons. The van der Waals surface area contributed by atoms with E-state index in [0.717, 1.165) is 50.5 Å². The van der Waals surface area contributed by atoms with Crippen molar-refractivity contribution < 1.29 is 19.8 Å². The van der Waals surface area contributed by atoms with Crippen LogP contribution in [0.4, 0.5) is 11.6 Å². The summed E-state index contributed by atoms with van der Waals surface area (Å²) in [5.74, 6) is -0.384. The highest BCUT2D eigenvalue weighted by molar-refractivity contribution is 6.31. The van der Waals surface area contributed by atoms with Crippen LogP contribution >= 0.6 is 11.6 Å². The van der Waals surface area contributed by atoms with Gasteiger partial charge >= 0.3 is 0 Å². The molecule has 0 spiro atoms. The van der Waals surface area contributed by atoms with Crippen LogP contribution in [0.2, 0.25) is 5.15 Å². The zero-order valence-corrected chi connectivity index (χ0v) is 26.7. The van der Waals surface area contributed by atoms with Crippen LogP contribution in [0, 0.1) is 5.92 Å². The Morgan fingerprint density at radius 3 is 2.29 bits per heavy atom. The van der Waals surface area contributed by atoms with E-state index < -0.39 is 12.0 Å². The number of aliphatic hydroxyl groups excluding tert-OH is 1. The Labute approximate surface area is 269 Å². The molecule has 9 N–H and O–H groups in total. The van der Waals surface area contributed by atoms with E-state index in [1.807, 2.05) is 0 Å². The molecule has 11 nitrogen and oxygen atoms in total. The molecule has 3 aromatic rings. The van der Waals surface area contributed by atoms with Crippen molar-refractivity contribution in [3.8, 4) is 5.75 Å². The molecule has 0 radical (unpaired) electrons. The monoisotopic (exact) mass is 637 g/mol. The van der Waals surface area contributed by atoms with Crippen LogP contribution < -0.4 is 22.5 Å². The normalized spacial score (nSPS) is 12.9. The van der Waals surface area contributed by atoms with Crippen LogP contribution in [-0.2, 0) is 24.1 Å². The quantitative estimate of drug-likeness (QED) is 0.0732. The predicted molar refractivity (Wildman–Crippen MR) is 178 cm³/mol. The molecule has 0 saturated carbocycles. The van der Waals surface area contributed by atoms with Crippen molar-refractivity contribution in [2.75, 3.05) is 18.0 Å². The number of carbonyl (C=O) groups excluding carboxylic acids is 2. The third-order valence-corrected chi connectivity index (χ3v) is 7.84. The number of nitrogens with two attached hydrogens (primary N) is 3. The Kier molecular flexibility index (Phi) is 13.6. The number of phenolic OH excluding ortho intramolecular Hbond substituents is 1. The number of nitrogens with zero attached hydrogens (tertiary/aromatic N) is 3. The zero-order valence-electron chi connectivity index (χ0n) is 25.9. The lowest BCUT2D eigenvalue weighted by Crippen LogP contribution is -2.38. The molecule has 0 aliphatic carbocycles. The fourth-order valence-electron chi connectivity index (χ4n) is 4.97. The second kappa shape index (κ2) is 17.3. The van der Waals surface area contributed by atoms with Gasteiger partial charge in [0.1, 0.15) is 11.5 Å². The maximum absolute atomic E-state index is 12.3. The van der Waals surface area contributed by atoms with E-state index in [2.05, 4.69) is 51.5 Å². The number of aromatic hydroxyl groups is 1. The molecule has 1 heterocycles. The SMILES string of the molecule is CC(=O)Cc1cc([C@@H](O)CC[C@H](C)CCCc2ccc(CCCCN=C(N)NC(=O)c3nc(Cl)c(N)nc3N)cc2)ccc1O. The average molecular weight is 638 g/mol. The minimum Gasteiger partial charge on any atom is -0.508 e. The first kappa shape index (κ1) is 35.3. The van der Waals surface area contributed by atoms with Gasteiger partial charge in [-0.05, 0) is 86.6 Å². The fourth-order valence-corrected chi connectivity index (χ4v) is 5.09. The van der Waals surface area contributed by atoms with E-state index in [1.165, 1.54) is 18.1 Å². The standard InChI is InChI=1S/C33H44ClN7O4/c1-20(9-15-26(43)24-14-16-27(44)25(19-24)18-21(2)42)6-5-8-23-12-10-22(11-13-23)7-3-4-17-38-33(37)41-32(45)28-30(35)40-31(36)29(34)39-28/h10-14,16,19-20,26,43-44H,3-9,15,17-18H2,1-2H3,(H4,35,36,40)(H3,37,38,41,45)/t20-,26+/m1/s1. The van der Waals surface area contributed by atoms with Gasteiger partial charge in [0.2, 0.25) is 0 Å². The number of nitrogens with one attached hydrogen (secondary N) is 1. The molecule has 0 aliphatic heterocycles. The number of phenols is 1. The lowest BCUT2D eigenvalue weighted by molar-refractivity contribution is -0.116. The second-order valence-corrected chi connectivity index (χ2v) is 11.8. The first-order chi connectivity index (χ1) is 21.4. The van der Waals surface area contributed by atoms with Gasteiger partial charge in [-0.3, -0.25) is 19.9 Å². The second-order valence-electron chi connectivity index (χ2n) is 11.5. The molecular formula is C33H44ClN7O4. The lowest BCUT2D eigenvalue weighted by Gasteiger charge is -2.16. The van der Waals surface area contributed by atoms with E-state index in [1.54, 1.807) is 18.2 Å². The number of rotatable bonds is 16. The first-order valence-electron chi connectivity index (χ1n) is 15.2. The van der Waals surface area contributed by atoms with Gasteiger partial charge in [-0.25, -0.2) is 9.97 Å². The van der Waals surface area contributed by atoms with Gasteiger partial charge in [-0.2, -0.15) is 0 Å². The molecule has 3 rings (SSSR count). The summed E-state index contributed by atoms with van der Waals surface area (Å²) in [5.41, 5.74) is 20.7. The van der Waals surface area contributed by atoms with Crippen LogP contribution in [0.25, 0.3) is 0 Å². The third kappa shape index (κ3) is 11.7. The maximum atomic E-state index is 12.3. The number of hydrogen-bond donors (Lipinski definition) is 6. The first-order valence-corrected chi connectivity index (χ1v) is 15.6. The van der Waals surface area contributed by atoms with Crippen molar-refractivity contribution >= 4 is 40.9 Å². The van der Waals surface area contributed by atoms with Crippen molar-refractivity contribution in [2.45, 2.75) is 77.7 Å². The van der Waals surface area contributed by atoms with E-state index in [0.29, 0.717) is 24.4 Å². The Morgan fingerprint density at radius 1 is 0.956 bits per heavy atom. The number of carbonyl (C=O) groups is 2. The molecule has 0 unspecified atom stereocenters. The summed E-state index contributed by atoms with van der Waals surface area (Å²) in [4.78, 5) is 35.5. The molecule has 1 aromatic heterocycles. The number of aliphatic hydroxyl groups is 1. The fraction of sp³-hybridized carbons (Fsp3) is 0.424. The van der Waals surface area contributed by atoms with Crippen LogP contribution in [-0.4, -0.2) is 44.4 Å². The summed E-state index contributed by atoms with van der Waals surface area (Å²) >= 11 is 5.81. The number of aromatic nitrogens is 2. The van der Waals surface area contributed by atoms with Crippen LogP contribution in [0.5, 0.6) is 5.75 Å². The third-order valence-electron chi connectivity index (χ3n) is 7.56. The van der Waals surface area contributed by atoms with Crippen molar-refractivity contribution in [3.05, 3.63) is 75.6 Å². The van der Waals surface area contributed by atoms with Gasteiger partial charge in [-0.1, -0.05) is 55.3 Å². The number of ketones is 1. The van der Waals surface area contributed by atoms with E-state index in [-0.39, 0.29) is 46.4 Å². The maximum Gasteiger partial charge on any atom is 0.280 e. The van der Waals surface area contributed by atoms with Crippen molar-refractivity contribution in [3.63, 3.8) is 0 Å². The molecular weight excluding hydrogens is 594 g/mol. The van der Waals surface area contributed by atoms with Crippen molar-refractivity contribution in [1.82, 2.24) is 15.3 Å². The van der Waals surface area contributed by atoms with Gasteiger partial charge in [0.05, 0.1) is 6.10 Å². The van der Waals surface area contributed by atoms with Gasteiger partial charge in [0, 0.05) is 18.5 Å². The molecule has 45 heavy (non-hydrogen) atoms. The molecule has 0 saturated heterocycles. The summed E-state index contributed by atoms with van der Waals surface area (Å²) in [6.07, 6.45) is 6.84. The number of guanidine groups is 1. The summed E-state index contributed by atoms with van der Waals surface area (Å²) < 4.78 is 0. The molecule has 2 aromatic carbocycles. The van der Waals surface area contributed by atoms with Crippen molar-refractivity contribution in [1.29, 1.82) is 0 Å². The Balaban J connectivity index is 1.31. The van der Waals surface area contributed by atoms with Gasteiger partial charge < -0.3 is 27.4 Å². The number of Topliss-reactive ketones (excluding diaryl/α,β-unsaturated/α-hetero) is 1. The highest BCUT2D eigenvalue weighted by Crippen LogP contribution is 2.27. The molecule has 0 fully saturated rings. The Hall–Kier alpha value is -4.22. The minimum atomic E-state index is -0.664. The lowest BCUT2D eigenvalue weighted by atomic mass is 9.93. The largest absolute Gasteiger partial charge is 0.508 e. The summed E-state index contributed by atoms with van der Waals surface area (Å²) in [6, 6.07) is 13.7. The topological polar surface area (TPSA) is 203 Å². The van der Waals surface area contributed by atoms with Gasteiger partial charge in [-0.15, -0.1) is 0 Å². The molecule has 12 heteroatoms. The van der Waals surface area contributed by atoms with Crippen LogP contribution in [0.1, 0.15) is 91.2 Å². The number of nitrogen functional groups attached to an aromatic ring is 2. The highest BCUT2D eigenvalue weighted by atomic mass is 35.5. The smallest absolute Gasteiger partial charge is 0.280 e. The number of benzene rings is 2. The predicted octanol–water partition coefficient (Wildman–Crippen LogP) is 4.67. The van der Waals surface area contributed by atoms with E-state index in [4.69, 9.17) is 28.8 Å². The van der Waals surface area contributed by atoms with E-state index in [9.17, 15) is 19.8 Å². The highest BCUT2D eigenvalue weighted by Gasteiger charge is 2.17. The number of unbranched alkanes of at least 4 members (excludes halogenated alkanes) is 1. The molecule has 1 amide bonds. The number of aryl methyl sites for hydroxylation is 2. The summed E-state index contributed by atoms with van der Waals surface area (Å²) in [7, 11) is 0. The number of hydrogen-bond acceptors (Lipinski definition) is 9. The minimum absolute atomic E-state index is 0.0281. The van der Waals surface area contributed by atoms with Gasteiger partial charge in [0.15, 0.2) is 28.4 Å². The van der Waals surface area contributed by atoms with Crippen LogP contribution in [0.15, 0.2) is 47.5 Å². The Morgan fingerprint density at radius 2 is 1.62 bits per heavy atom. The van der Waals surface area contributed by atoms with Crippen molar-refractivity contribution in [2.24, 2.45) is 16.6 Å². The average Bonchev–Trinajstić information content (AvgIpc) is 2.99. The number of halogens is 1. The summed E-state index contributed by atoms with van der Waals surface area (Å²) in [6.45, 7) is 4.15.